The summed E-state index contributed by atoms with van der Waals surface area (Å²) in [6.07, 6.45) is -1.19. The third-order valence-corrected chi connectivity index (χ3v) is 13.3. The van der Waals surface area contributed by atoms with Gasteiger partial charge >= 0.3 is 5.97 Å². The third kappa shape index (κ3) is 5.37. The molecular formula is C35H37BrO6Si. The first-order chi connectivity index (χ1) is 20.8. The lowest BCUT2D eigenvalue weighted by atomic mass is 9.83. The minimum atomic E-state index is -3.14. The molecule has 0 saturated carbocycles. The summed E-state index contributed by atoms with van der Waals surface area (Å²) in [5.74, 6) is 0.485. The van der Waals surface area contributed by atoms with E-state index in [-0.39, 0.29) is 11.9 Å². The Morgan fingerprint density at radius 1 is 0.698 bits per heavy atom. The van der Waals surface area contributed by atoms with Crippen LogP contribution < -0.4 is 29.8 Å². The molecule has 224 valence electrons. The van der Waals surface area contributed by atoms with Gasteiger partial charge in [0.2, 0.25) is 0 Å². The molecule has 5 rings (SSSR count). The summed E-state index contributed by atoms with van der Waals surface area (Å²) in [6.45, 7) is 5.87. The van der Waals surface area contributed by atoms with Crippen molar-refractivity contribution in [2.45, 2.75) is 33.0 Å². The van der Waals surface area contributed by atoms with Crippen LogP contribution in [0.2, 0.25) is 0 Å². The van der Waals surface area contributed by atoms with Gasteiger partial charge in [-0.05, 0) is 45.3 Å². The zero-order valence-electron chi connectivity index (χ0n) is 25.3. The van der Waals surface area contributed by atoms with E-state index in [9.17, 15) is 4.79 Å². The molecule has 8 heteroatoms. The molecule has 0 bridgehead atoms. The maximum absolute atomic E-state index is 13.7. The monoisotopic (exact) mass is 660 g/mol. The van der Waals surface area contributed by atoms with Crippen LogP contribution >= 0.6 is 15.9 Å². The largest absolute Gasteiger partial charge is 0.495 e. The summed E-state index contributed by atoms with van der Waals surface area (Å²) in [4.78, 5) is 13.7. The summed E-state index contributed by atoms with van der Waals surface area (Å²) < 4.78 is 31.8. The Kier molecular flexibility index (Phi) is 9.30. The van der Waals surface area contributed by atoms with Gasteiger partial charge < -0.3 is 23.4 Å². The molecule has 4 atom stereocenters. The fourth-order valence-electron chi connectivity index (χ4n) is 6.29. The molecule has 1 heterocycles. The lowest BCUT2D eigenvalue weighted by Crippen LogP contribution is -2.71. The second-order valence-corrected chi connectivity index (χ2v) is 14.9. The van der Waals surface area contributed by atoms with Crippen molar-refractivity contribution >= 4 is 45.8 Å². The quantitative estimate of drug-likeness (QED) is 0.130. The topological polar surface area (TPSA) is 63.2 Å². The molecule has 43 heavy (non-hydrogen) atoms. The van der Waals surface area contributed by atoms with Crippen LogP contribution in [-0.2, 0) is 14.0 Å². The van der Waals surface area contributed by atoms with Crippen LogP contribution in [0.25, 0.3) is 0 Å². The van der Waals surface area contributed by atoms with Gasteiger partial charge in [-0.15, -0.1) is 0 Å². The summed E-state index contributed by atoms with van der Waals surface area (Å²) in [7, 11) is 1.64. The number of esters is 1. The fraction of sp³-hybridized carbons (Fsp3) is 0.286. The van der Waals surface area contributed by atoms with Gasteiger partial charge in [0.05, 0.1) is 43.4 Å². The van der Waals surface area contributed by atoms with Crippen molar-refractivity contribution in [3.05, 3.63) is 107 Å². The minimum Gasteiger partial charge on any atom is -0.495 e. The Hall–Kier alpha value is -3.59. The lowest BCUT2D eigenvalue weighted by Gasteiger charge is -2.45. The molecule has 0 N–H and O–H groups in total. The Bertz CT molecular complexity index is 1470. The van der Waals surface area contributed by atoms with Crippen LogP contribution in [0.3, 0.4) is 0 Å². The number of hydrogen-bond acceptors (Lipinski definition) is 6. The highest BCUT2D eigenvalue weighted by Gasteiger charge is 2.51. The second-order valence-electron chi connectivity index (χ2n) is 10.8. The smallest absolute Gasteiger partial charge is 0.311 e. The van der Waals surface area contributed by atoms with Crippen molar-refractivity contribution in [1.29, 1.82) is 0 Å². The number of carbonyl (C=O) groups is 1. The lowest BCUT2D eigenvalue weighted by molar-refractivity contribution is -0.176. The zero-order chi connectivity index (χ0) is 30.7. The van der Waals surface area contributed by atoms with Crippen molar-refractivity contribution in [1.82, 2.24) is 0 Å². The first kappa shape index (κ1) is 30.9. The summed E-state index contributed by atoms with van der Waals surface area (Å²) >= 11 is 3.75. The number of methoxy groups -OCH3 is 3. The molecule has 0 amide bonds. The van der Waals surface area contributed by atoms with Crippen LogP contribution in [0.5, 0.6) is 17.2 Å². The molecule has 4 aromatic rings. The Labute approximate surface area is 263 Å². The molecule has 6 nitrogen and oxygen atoms in total. The highest BCUT2D eigenvalue weighted by atomic mass is 79.9. The van der Waals surface area contributed by atoms with Gasteiger partial charge in [0.15, 0.2) is 11.5 Å². The van der Waals surface area contributed by atoms with Crippen LogP contribution in [0, 0.1) is 18.8 Å². The molecular weight excluding hydrogens is 624 g/mol. The van der Waals surface area contributed by atoms with Gasteiger partial charge in [-0.3, -0.25) is 4.79 Å². The van der Waals surface area contributed by atoms with Gasteiger partial charge in [-0.25, -0.2) is 0 Å². The van der Waals surface area contributed by atoms with Crippen molar-refractivity contribution in [3.8, 4) is 17.2 Å². The maximum Gasteiger partial charge on any atom is 0.311 e. The van der Waals surface area contributed by atoms with E-state index in [0.29, 0.717) is 27.3 Å². The average Bonchev–Trinajstić information content (AvgIpc) is 3.04. The number of cyclic esters (lactones) is 1. The van der Waals surface area contributed by atoms with Crippen molar-refractivity contribution < 1.29 is 28.2 Å². The van der Waals surface area contributed by atoms with E-state index in [1.165, 1.54) is 0 Å². The van der Waals surface area contributed by atoms with Gasteiger partial charge in [-0.1, -0.05) is 97.9 Å². The number of carbonyl (C=O) groups excluding carboxylic acids is 1. The van der Waals surface area contributed by atoms with Crippen molar-refractivity contribution in [3.63, 3.8) is 0 Å². The molecule has 0 aromatic heterocycles. The third-order valence-electron chi connectivity index (χ3n) is 8.42. The zero-order valence-corrected chi connectivity index (χ0v) is 27.9. The van der Waals surface area contributed by atoms with Gasteiger partial charge in [0.25, 0.3) is 8.32 Å². The Morgan fingerprint density at radius 2 is 1.14 bits per heavy atom. The van der Waals surface area contributed by atoms with E-state index >= 15 is 0 Å². The van der Waals surface area contributed by atoms with E-state index in [1.54, 1.807) is 21.3 Å². The first-order valence-electron chi connectivity index (χ1n) is 14.3. The minimum absolute atomic E-state index is 0.266. The SMILES string of the molecule is COc1c(C)c(OC)c(OC)c([C@@H]2OC(=O)[C@H](C)[C@H](O[Si](c3ccccc3)(c3ccccc3)c3ccccc3)[C@H]2C)c1Br. The van der Waals surface area contributed by atoms with Gasteiger partial charge in [-0.2, -0.15) is 0 Å². The fourth-order valence-corrected chi connectivity index (χ4v) is 11.4. The van der Waals surface area contributed by atoms with Crippen LogP contribution in [-0.4, -0.2) is 41.7 Å². The molecule has 0 radical (unpaired) electrons. The number of rotatable bonds is 9. The standard InChI is InChI=1S/C35H37BrO6Si/c1-22-30(24(3)35(37)41-31(22)28-29(36)32(38-4)23(2)33(39-5)34(28)40-6)42-43(25-16-10-7-11-17-25,26-18-12-8-13-19-26)27-20-14-9-15-21-27/h7-22,24,30-31H,1-6H3/t22-,24-,30-,31-/m1/s1. The molecule has 0 aliphatic carbocycles. The highest BCUT2D eigenvalue weighted by Crippen LogP contribution is 2.53. The van der Waals surface area contributed by atoms with Gasteiger partial charge in [0, 0.05) is 11.5 Å². The normalized spacial score (nSPS) is 20.3. The molecule has 4 aromatic carbocycles. The molecule has 1 aliphatic heterocycles. The number of halogens is 1. The Morgan fingerprint density at radius 3 is 1.56 bits per heavy atom. The van der Waals surface area contributed by atoms with E-state index in [4.69, 9.17) is 23.4 Å². The maximum atomic E-state index is 13.7. The molecule has 1 fully saturated rings. The van der Waals surface area contributed by atoms with Crippen molar-refractivity contribution in [2.24, 2.45) is 11.8 Å². The molecule has 1 aliphatic rings. The van der Waals surface area contributed by atoms with Crippen LogP contribution in [0.1, 0.15) is 31.1 Å². The summed E-state index contributed by atoms with van der Waals surface area (Å²) in [5.41, 5.74) is 1.42. The average molecular weight is 662 g/mol. The summed E-state index contributed by atoms with van der Waals surface area (Å²) in [5, 5.41) is 3.29. The Balaban J connectivity index is 1.72. The van der Waals surface area contributed by atoms with Crippen molar-refractivity contribution in [2.75, 3.05) is 21.3 Å². The molecule has 1 saturated heterocycles. The number of hydrogen-bond donors (Lipinski definition) is 0. The van der Waals surface area contributed by atoms with E-state index < -0.39 is 26.4 Å². The number of ether oxygens (including phenoxy) is 4. The van der Waals surface area contributed by atoms with E-state index in [1.807, 2.05) is 68.4 Å². The first-order valence-corrected chi connectivity index (χ1v) is 17.0. The van der Waals surface area contributed by atoms with E-state index in [2.05, 4.69) is 59.3 Å². The van der Waals surface area contributed by atoms with Crippen LogP contribution in [0.4, 0.5) is 0 Å². The second kappa shape index (κ2) is 13.0. The van der Waals surface area contributed by atoms with Crippen LogP contribution in [0.15, 0.2) is 95.5 Å². The number of benzene rings is 4. The van der Waals surface area contributed by atoms with E-state index in [0.717, 1.165) is 21.1 Å². The predicted molar refractivity (Wildman–Crippen MR) is 175 cm³/mol. The summed E-state index contributed by atoms with van der Waals surface area (Å²) in [6, 6.07) is 31.1. The highest BCUT2D eigenvalue weighted by molar-refractivity contribution is 9.10. The van der Waals surface area contributed by atoms with Gasteiger partial charge in [0.1, 0.15) is 11.9 Å². The predicted octanol–water partition coefficient (Wildman–Crippen LogP) is 5.71. The molecule has 0 unspecified atom stereocenters. The molecule has 0 spiro atoms.